The Hall–Kier alpha value is -4.15. The second-order valence-electron chi connectivity index (χ2n) is 14.3. The molecule has 4 heterocycles. The van der Waals surface area contributed by atoms with Gasteiger partial charge in [-0.3, -0.25) is 28.8 Å². The third-order valence-electron chi connectivity index (χ3n) is 9.93. The molecule has 0 radical (unpaired) electrons. The van der Waals surface area contributed by atoms with Gasteiger partial charge in [-0.05, 0) is 71.1 Å². The lowest BCUT2D eigenvalue weighted by Crippen LogP contribution is -2.56. The van der Waals surface area contributed by atoms with Gasteiger partial charge in [0.2, 0.25) is 17.7 Å². The van der Waals surface area contributed by atoms with Crippen molar-refractivity contribution in [2.75, 3.05) is 45.9 Å². The summed E-state index contributed by atoms with van der Waals surface area (Å²) in [5.74, 6) is 5.73. The Labute approximate surface area is 280 Å². The van der Waals surface area contributed by atoms with Gasteiger partial charge in [0.25, 0.3) is 0 Å². The molecule has 6 rings (SSSR count). The van der Waals surface area contributed by atoms with E-state index in [0.717, 1.165) is 44.3 Å². The van der Waals surface area contributed by atoms with Gasteiger partial charge in [0, 0.05) is 70.3 Å². The van der Waals surface area contributed by atoms with Gasteiger partial charge in [-0.2, -0.15) is 0 Å². The lowest BCUT2D eigenvalue weighted by atomic mass is 9.77. The molecule has 0 bridgehead atoms. The Morgan fingerprint density at radius 1 is 0.938 bits per heavy atom. The molecular formula is C35H46N6O7. The lowest BCUT2D eigenvalue weighted by Gasteiger charge is -2.46. The van der Waals surface area contributed by atoms with Crippen molar-refractivity contribution in [1.82, 2.24) is 29.2 Å². The predicted molar refractivity (Wildman–Crippen MR) is 177 cm³/mol. The fourth-order valence-corrected chi connectivity index (χ4v) is 7.16. The summed E-state index contributed by atoms with van der Waals surface area (Å²) in [4.78, 5) is 68.5. The Morgan fingerprint density at radius 2 is 1.62 bits per heavy atom. The van der Waals surface area contributed by atoms with Crippen LogP contribution in [-0.4, -0.2) is 111 Å². The summed E-state index contributed by atoms with van der Waals surface area (Å²) in [6, 6.07) is 5.18. The van der Waals surface area contributed by atoms with Crippen LogP contribution < -0.4 is 11.0 Å². The molecule has 1 atom stereocenters. The van der Waals surface area contributed by atoms with Crippen molar-refractivity contribution < 1.29 is 28.7 Å². The second-order valence-corrected chi connectivity index (χ2v) is 14.3. The maximum Gasteiger partial charge on any atom is 0.410 e. The molecule has 1 saturated carbocycles. The zero-order chi connectivity index (χ0) is 34.2. The summed E-state index contributed by atoms with van der Waals surface area (Å²) >= 11 is 0. The highest BCUT2D eigenvalue weighted by atomic mass is 16.6. The van der Waals surface area contributed by atoms with Gasteiger partial charge in [0.15, 0.2) is 0 Å². The molecule has 1 aromatic carbocycles. The summed E-state index contributed by atoms with van der Waals surface area (Å²) in [5, 5.41) is 2.33. The van der Waals surface area contributed by atoms with E-state index in [2.05, 4.69) is 22.1 Å². The van der Waals surface area contributed by atoms with Crippen molar-refractivity contribution in [2.45, 2.75) is 83.1 Å². The van der Waals surface area contributed by atoms with E-state index >= 15 is 0 Å². The minimum atomic E-state index is -0.719. The standard InChI is InChI=1S/C35H46N6O7/c1-35(2,3)48-34(46)40-17-15-39(16-18-40)32(44)24-21-25(22-24)38-13-11-26(12-14-38)47-19-5-6-23-7-8-27-29(20-23)37(4)33(45)41(27)28-9-10-30(42)36-31(28)43/h7-8,20,24-26,28H,9-19,21-22H2,1-4H3,(H,36,42,43). The fraction of sp³-hybridized carbons (Fsp3) is 0.629. The van der Waals surface area contributed by atoms with Crippen LogP contribution in [0.4, 0.5) is 4.79 Å². The first-order valence-electron chi connectivity index (χ1n) is 17.0. The maximum absolute atomic E-state index is 13.1. The number of nitrogens with zero attached hydrogens (tertiary/aromatic N) is 5. The van der Waals surface area contributed by atoms with E-state index in [1.165, 1.54) is 9.13 Å². The predicted octanol–water partition coefficient (Wildman–Crippen LogP) is 2.01. The van der Waals surface area contributed by atoms with Crippen LogP contribution >= 0.6 is 0 Å². The summed E-state index contributed by atoms with van der Waals surface area (Å²) in [7, 11) is 1.67. The molecule has 4 amide bonds. The molecule has 13 heteroatoms. The monoisotopic (exact) mass is 662 g/mol. The quantitative estimate of drug-likeness (QED) is 0.380. The number of benzene rings is 1. The van der Waals surface area contributed by atoms with Crippen molar-refractivity contribution in [3.8, 4) is 11.8 Å². The summed E-state index contributed by atoms with van der Waals surface area (Å²) in [5.41, 5.74) is 1.21. The van der Waals surface area contributed by atoms with E-state index in [9.17, 15) is 24.0 Å². The third kappa shape index (κ3) is 7.29. The van der Waals surface area contributed by atoms with Crippen molar-refractivity contribution in [2.24, 2.45) is 13.0 Å². The van der Waals surface area contributed by atoms with Crippen LogP contribution in [0.1, 0.15) is 70.9 Å². The molecule has 4 fully saturated rings. The number of imide groups is 1. The average Bonchev–Trinajstić information content (AvgIpc) is 3.27. The molecule has 3 saturated heterocycles. The molecular weight excluding hydrogens is 616 g/mol. The van der Waals surface area contributed by atoms with Crippen molar-refractivity contribution in [1.29, 1.82) is 0 Å². The molecule has 1 aliphatic carbocycles. The van der Waals surface area contributed by atoms with E-state index in [4.69, 9.17) is 9.47 Å². The van der Waals surface area contributed by atoms with E-state index in [1.54, 1.807) is 18.0 Å². The first-order valence-corrected chi connectivity index (χ1v) is 17.0. The van der Waals surface area contributed by atoms with E-state index < -0.39 is 17.6 Å². The number of ether oxygens (including phenoxy) is 2. The number of piperazine rings is 1. The molecule has 0 spiro atoms. The maximum atomic E-state index is 13.1. The number of carbonyl (C=O) groups is 4. The number of fused-ring (bicyclic) bond motifs is 1. The number of aromatic nitrogens is 2. The molecule has 258 valence electrons. The molecule has 2 aromatic rings. The number of aryl methyl sites for hydroxylation is 1. The number of hydrogen-bond acceptors (Lipinski definition) is 8. The largest absolute Gasteiger partial charge is 0.444 e. The minimum absolute atomic E-state index is 0.0601. The topological polar surface area (TPSA) is 135 Å². The summed E-state index contributed by atoms with van der Waals surface area (Å²) in [6.07, 6.45) is 3.93. The highest BCUT2D eigenvalue weighted by Crippen LogP contribution is 2.35. The molecule has 48 heavy (non-hydrogen) atoms. The Bertz CT molecular complexity index is 1690. The molecule has 13 nitrogen and oxygen atoms in total. The summed E-state index contributed by atoms with van der Waals surface area (Å²) in [6.45, 7) is 9.86. The zero-order valence-corrected chi connectivity index (χ0v) is 28.3. The average molecular weight is 663 g/mol. The number of hydrogen-bond donors (Lipinski definition) is 1. The second kappa shape index (κ2) is 13.8. The number of piperidine rings is 2. The summed E-state index contributed by atoms with van der Waals surface area (Å²) < 4.78 is 14.5. The van der Waals surface area contributed by atoms with Gasteiger partial charge in [0.1, 0.15) is 18.2 Å². The van der Waals surface area contributed by atoms with Gasteiger partial charge in [-0.1, -0.05) is 11.8 Å². The first-order chi connectivity index (χ1) is 22.9. The lowest BCUT2D eigenvalue weighted by molar-refractivity contribution is -0.143. The van der Waals surface area contributed by atoms with Gasteiger partial charge in [-0.15, -0.1) is 0 Å². The van der Waals surface area contributed by atoms with Gasteiger partial charge in [-0.25, -0.2) is 9.59 Å². The van der Waals surface area contributed by atoms with Gasteiger partial charge >= 0.3 is 11.8 Å². The van der Waals surface area contributed by atoms with E-state index in [-0.39, 0.29) is 42.0 Å². The normalized spacial score (nSPS) is 24.1. The van der Waals surface area contributed by atoms with E-state index in [1.807, 2.05) is 37.8 Å². The Balaban J connectivity index is 0.920. The fourth-order valence-electron chi connectivity index (χ4n) is 7.16. The molecule has 3 aliphatic heterocycles. The van der Waals surface area contributed by atoms with Gasteiger partial charge in [0.05, 0.1) is 17.1 Å². The van der Waals surface area contributed by atoms with Crippen molar-refractivity contribution in [3.63, 3.8) is 0 Å². The van der Waals surface area contributed by atoms with Crippen LogP contribution in [0.15, 0.2) is 23.0 Å². The number of carbonyl (C=O) groups excluding carboxylic acids is 4. The van der Waals surface area contributed by atoms with Crippen molar-refractivity contribution in [3.05, 3.63) is 34.2 Å². The molecule has 1 N–H and O–H groups in total. The number of rotatable bonds is 5. The highest BCUT2D eigenvalue weighted by molar-refractivity contribution is 6.00. The van der Waals surface area contributed by atoms with Crippen LogP contribution in [0, 0.1) is 17.8 Å². The number of likely N-dealkylation sites (tertiary alicyclic amines) is 1. The number of imidazole rings is 1. The van der Waals surface area contributed by atoms with Crippen LogP contribution in [0.3, 0.4) is 0 Å². The third-order valence-corrected chi connectivity index (χ3v) is 9.93. The van der Waals surface area contributed by atoms with Gasteiger partial charge < -0.3 is 24.2 Å². The first kappa shape index (κ1) is 33.7. The Kier molecular flexibility index (Phi) is 9.67. The molecule has 4 aliphatic rings. The molecule has 1 unspecified atom stereocenters. The smallest absolute Gasteiger partial charge is 0.410 e. The van der Waals surface area contributed by atoms with Crippen LogP contribution in [0.25, 0.3) is 11.0 Å². The zero-order valence-electron chi connectivity index (χ0n) is 28.3. The SMILES string of the molecule is Cn1c(=O)n(C2CCC(=O)NC2=O)c2ccc(C#CCOC3CCN(C4CC(C(=O)N5CCN(C(=O)OC(C)(C)C)CC5)C4)CC3)cc21. The minimum Gasteiger partial charge on any atom is -0.444 e. The van der Waals surface area contributed by atoms with Crippen LogP contribution in [0.2, 0.25) is 0 Å². The highest BCUT2D eigenvalue weighted by Gasteiger charge is 2.41. The number of amides is 4. The van der Waals surface area contributed by atoms with Crippen LogP contribution in [0.5, 0.6) is 0 Å². The van der Waals surface area contributed by atoms with Crippen molar-refractivity contribution >= 4 is 34.8 Å². The van der Waals surface area contributed by atoms with Crippen LogP contribution in [-0.2, 0) is 30.9 Å². The number of nitrogens with one attached hydrogen (secondary N) is 1. The van der Waals surface area contributed by atoms with E-state index in [0.29, 0.717) is 56.3 Å². The molecule has 1 aromatic heterocycles. The Morgan fingerprint density at radius 3 is 2.29 bits per heavy atom.